The van der Waals surface area contributed by atoms with Gasteiger partial charge in [0.15, 0.2) is 11.2 Å². The fraction of sp³-hybridized carbons (Fsp3) is 0.0909. The van der Waals surface area contributed by atoms with Crippen molar-refractivity contribution in [3.8, 4) is 0 Å². The lowest BCUT2D eigenvalue weighted by atomic mass is 10.1. The smallest absolute Gasteiger partial charge is 0.340 e. The number of hydrogen-bond acceptors (Lipinski definition) is 3. The molecule has 0 unspecified atom stereocenters. The Balaban J connectivity index is 2.84. The highest BCUT2D eigenvalue weighted by Crippen LogP contribution is 2.16. The molecule has 2 aromatic rings. The molecule has 0 aliphatic carbocycles. The minimum atomic E-state index is -0.855. The van der Waals surface area contributed by atoms with E-state index in [4.69, 9.17) is 0 Å². The van der Waals surface area contributed by atoms with Crippen molar-refractivity contribution in [2.24, 2.45) is 0 Å². The van der Waals surface area contributed by atoms with Crippen LogP contribution in [0.2, 0.25) is 0 Å². The Morgan fingerprint density at radius 1 is 1.38 bits per heavy atom. The maximum atomic E-state index is 13.8. The highest BCUT2D eigenvalue weighted by molar-refractivity contribution is 5.94. The van der Waals surface area contributed by atoms with Crippen LogP contribution < -0.4 is 5.43 Å². The summed E-state index contributed by atoms with van der Waals surface area (Å²) in [4.78, 5) is 25.4. The average Bonchev–Trinajstić information content (AvgIpc) is 2.28. The third-order valence-electron chi connectivity index (χ3n) is 2.27. The van der Waals surface area contributed by atoms with Gasteiger partial charge in [0.25, 0.3) is 0 Å². The van der Waals surface area contributed by atoms with Crippen LogP contribution in [0, 0.1) is 5.82 Å². The SMILES string of the molecule is COC(=O)c1ccc2[nH]ccc(=O)c2c1F. The number of carbonyl (C=O) groups excluding carboxylic acids is 1. The fourth-order valence-corrected chi connectivity index (χ4v) is 1.50. The fourth-order valence-electron chi connectivity index (χ4n) is 1.50. The van der Waals surface area contributed by atoms with Crippen LogP contribution in [-0.4, -0.2) is 18.1 Å². The lowest BCUT2D eigenvalue weighted by Crippen LogP contribution is -2.09. The maximum Gasteiger partial charge on any atom is 0.340 e. The number of esters is 1. The van der Waals surface area contributed by atoms with Crippen molar-refractivity contribution < 1.29 is 13.9 Å². The number of aromatic amines is 1. The van der Waals surface area contributed by atoms with Gasteiger partial charge in [0.05, 0.1) is 23.6 Å². The number of halogens is 1. The van der Waals surface area contributed by atoms with Crippen LogP contribution in [0.5, 0.6) is 0 Å². The van der Waals surface area contributed by atoms with Gasteiger partial charge < -0.3 is 9.72 Å². The maximum absolute atomic E-state index is 13.8. The number of rotatable bonds is 1. The Kier molecular flexibility index (Phi) is 2.44. The van der Waals surface area contributed by atoms with E-state index in [1.54, 1.807) is 0 Å². The van der Waals surface area contributed by atoms with E-state index < -0.39 is 17.2 Å². The van der Waals surface area contributed by atoms with Crippen LogP contribution in [0.1, 0.15) is 10.4 Å². The van der Waals surface area contributed by atoms with Gasteiger partial charge in [-0.1, -0.05) is 0 Å². The predicted molar refractivity (Wildman–Crippen MR) is 55.9 cm³/mol. The number of H-pyrrole nitrogens is 1. The topological polar surface area (TPSA) is 59.2 Å². The molecule has 0 aliphatic heterocycles. The number of pyridine rings is 1. The van der Waals surface area contributed by atoms with E-state index in [9.17, 15) is 14.0 Å². The molecule has 0 amide bonds. The average molecular weight is 221 g/mol. The second kappa shape index (κ2) is 3.77. The Bertz CT molecular complexity index is 618. The lowest BCUT2D eigenvalue weighted by Gasteiger charge is -2.03. The van der Waals surface area contributed by atoms with E-state index in [0.29, 0.717) is 5.52 Å². The number of methoxy groups -OCH3 is 1. The minimum absolute atomic E-state index is 0.134. The van der Waals surface area contributed by atoms with E-state index in [-0.39, 0.29) is 10.9 Å². The van der Waals surface area contributed by atoms with E-state index in [1.165, 1.54) is 24.4 Å². The number of carbonyl (C=O) groups is 1. The molecule has 2 rings (SSSR count). The highest BCUT2D eigenvalue weighted by Gasteiger charge is 2.16. The summed E-state index contributed by atoms with van der Waals surface area (Å²) in [6.45, 7) is 0. The molecule has 1 N–H and O–H groups in total. The molecular weight excluding hydrogens is 213 g/mol. The van der Waals surface area contributed by atoms with Crippen molar-refractivity contribution in [3.05, 3.63) is 46.0 Å². The molecule has 1 aromatic carbocycles. The van der Waals surface area contributed by atoms with Crippen molar-refractivity contribution in [1.29, 1.82) is 0 Å². The number of aromatic nitrogens is 1. The van der Waals surface area contributed by atoms with Crippen LogP contribution >= 0.6 is 0 Å². The first-order valence-electron chi connectivity index (χ1n) is 4.53. The summed E-state index contributed by atoms with van der Waals surface area (Å²) in [5.74, 6) is -1.66. The second-order valence-corrected chi connectivity index (χ2v) is 3.18. The first-order valence-corrected chi connectivity index (χ1v) is 4.53. The van der Waals surface area contributed by atoms with Gasteiger partial charge in [-0.25, -0.2) is 9.18 Å². The van der Waals surface area contributed by atoms with Gasteiger partial charge in [-0.3, -0.25) is 4.79 Å². The zero-order valence-corrected chi connectivity index (χ0v) is 8.41. The summed E-state index contributed by atoms with van der Waals surface area (Å²) in [6.07, 6.45) is 1.42. The van der Waals surface area contributed by atoms with Crippen molar-refractivity contribution in [3.63, 3.8) is 0 Å². The van der Waals surface area contributed by atoms with Gasteiger partial charge >= 0.3 is 5.97 Å². The van der Waals surface area contributed by atoms with Gasteiger partial charge in [0.2, 0.25) is 0 Å². The summed E-state index contributed by atoms with van der Waals surface area (Å²) < 4.78 is 18.3. The monoisotopic (exact) mass is 221 g/mol. The summed E-state index contributed by atoms with van der Waals surface area (Å²) in [7, 11) is 1.15. The summed E-state index contributed by atoms with van der Waals surface area (Å²) in [5, 5.41) is -0.134. The zero-order valence-electron chi connectivity index (χ0n) is 8.41. The summed E-state index contributed by atoms with van der Waals surface area (Å²) in [5.41, 5.74) is -0.374. The number of nitrogens with one attached hydrogen (secondary N) is 1. The molecule has 0 saturated carbocycles. The second-order valence-electron chi connectivity index (χ2n) is 3.18. The van der Waals surface area contributed by atoms with Crippen molar-refractivity contribution >= 4 is 16.9 Å². The number of hydrogen-bond donors (Lipinski definition) is 1. The predicted octanol–water partition coefficient (Wildman–Crippen LogP) is 1.45. The largest absolute Gasteiger partial charge is 0.465 e. The third kappa shape index (κ3) is 1.46. The molecule has 16 heavy (non-hydrogen) atoms. The molecule has 1 heterocycles. The van der Waals surface area contributed by atoms with Gasteiger partial charge in [0.1, 0.15) is 0 Å². The summed E-state index contributed by atoms with van der Waals surface area (Å²) in [6, 6.07) is 3.94. The van der Waals surface area contributed by atoms with Crippen LogP contribution in [0.3, 0.4) is 0 Å². The first kappa shape index (κ1) is 10.4. The van der Waals surface area contributed by atoms with E-state index in [0.717, 1.165) is 7.11 Å². The van der Waals surface area contributed by atoms with Crippen LogP contribution in [-0.2, 0) is 4.74 Å². The first-order chi connectivity index (χ1) is 7.65. The molecule has 0 fully saturated rings. The molecule has 82 valence electrons. The van der Waals surface area contributed by atoms with Gasteiger partial charge in [-0.15, -0.1) is 0 Å². The van der Waals surface area contributed by atoms with Gasteiger partial charge in [-0.05, 0) is 12.1 Å². The van der Waals surface area contributed by atoms with E-state index in [1.807, 2.05) is 0 Å². The van der Waals surface area contributed by atoms with Crippen LogP contribution in [0.15, 0.2) is 29.2 Å². The minimum Gasteiger partial charge on any atom is -0.465 e. The van der Waals surface area contributed by atoms with Gasteiger partial charge in [0, 0.05) is 12.3 Å². The van der Waals surface area contributed by atoms with Crippen LogP contribution in [0.4, 0.5) is 4.39 Å². The van der Waals surface area contributed by atoms with Crippen LogP contribution in [0.25, 0.3) is 10.9 Å². The van der Waals surface area contributed by atoms with Crippen molar-refractivity contribution in [1.82, 2.24) is 4.98 Å². The molecule has 0 radical (unpaired) electrons. The standard InChI is InChI=1S/C11H8FNO3/c1-16-11(15)6-2-3-7-9(10(6)12)8(14)4-5-13-7/h2-5H,1H3,(H,13,14). The van der Waals surface area contributed by atoms with Gasteiger partial charge in [-0.2, -0.15) is 0 Å². The molecule has 5 heteroatoms. The van der Waals surface area contributed by atoms with Crippen molar-refractivity contribution in [2.45, 2.75) is 0 Å². The summed E-state index contributed by atoms with van der Waals surface area (Å²) >= 11 is 0. The molecule has 0 aliphatic rings. The quantitative estimate of drug-likeness (QED) is 0.741. The third-order valence-corrected chi connectivity index (χ3v) is 2.27. The molecular formula is C11H8FNO3. The Hall–Kier alpha value is -2.17. The number of fused-ring (bicyclic) bond motifs is 1. The lowest BCUT2D eigenvalue weighted by molar-refractivity contribution is 0.0596. The number of ether oxygens (including phenoxy) is 1. The van der Waals surface area contributed by atoms with E-state index >= 15 is 0 Å². The van der Waals surface area contributed by atoms with Crippen molar-refractivity contribution in [2.75, 3.05) is 7.11 Å². The molecule has 1 aromatic heterocycles. The Morgan fingerprint density at radius 3 is 2.81 bits per heavy atom. The molecule has 0 atom stereocenters. The molecule has 0 spiro atoms. The normalized spacial score (nSPS) is 10.4. The molecule has 4 nitrogen and oxygen atoms in total. The zero-order chi connectivity index (χ0) is 11.7. The number of benzene rings is 1. The Labute approximate surface area is 89.7 Å². The van der Waals surface area contributed by atoms with E-state index in [2.05, 4.69) is 9.72 Å². The highest BCUT2D eigenvalue weighted by atomic mass is 19.1. The molecule has 0 saturated heterocycles. The molecule has 0 bridgehead atoms. The Morgan fingerprint density at radius 2 is 2.12 bits per heavy atom.